The predicted molar refractivity (Wildman–Crippen MR) is 178 cm³/mol. The molecule has 9 heteroatoms. The Kier molecular flexibility index (Phi) is 11.1. The lowest BCUT2D eigenvalue weighted by Crippen LogP contribution is -2.39. The predicted octanol–water partition coefficient (Wildman–Crippen LogP) is 7.39. The van der Waals surface area contributed by atoms with Crippen molar-refractivity contribution in [3.05, 3.63) is 100 Å². The number of halogens is 2. The number of anilines is 1. The first kappa shape index (κ1) is 32.9. The molecular weight excluding hydrogens is 591 g/mol. The second-order valence-corrected chi connectivity index (χ2v) is 13.0. The van der Waals surface area contributed by atoms with Gasteiger partial charge in [0.2, 0.25) is 5.88 Å². The molecule has 7 nitrogen and oxygen atoms in total. The number of ether oxygens (including phenoxy) is 1. The number of carboxylic acids is 1. The molecule has 2 aliphatic rings. The summed E-state index contributed by atoms with van der Waals surface area (Å²) in [6.07, 6.45) is 5.35. The fourth-order valence-corrected chi connectivity index (χ4v) is 6.56. The molecule has 0 aliphatic carbocycles. The van der Waals surface area contributed by atoms with Crippen LogP contribution in [0.5, 0.6) is 5.88 Å². The maximum Gasteiger partial charge on any atom is 0.335 e. The number of pyridine rings is 1. The van der Waals surface area contributed by atoms with Gasteiger partial charge in [-0.25, -0.2) is 14.2 Å². The van der Waals surface area contributed by atoms with Crippen molar-refractivity contribution in [1.82, 2.24) is 14.8 Å². The Morgan fingerprint density at radius 1 is 1.09 bits per heavy atom. The first-order chi connectivity index (χ1) is 21.7. The topological polar surface area (TPSA) is 69.1 Å². The highest BCUT2D eigenvalue weighted by atomic mass is 35.5. The summed E-state index contributed by atoms with van der Waals surface area (Å²) in [7, 11) is 2.18. The minimum Gasteiger partial charge on any atom is -0.478 e. The zero-order valence-corrected chi connectivity index (χ0v) is 27.1. The van der Waals surface area contributed by atoms with Crippen LogP contribution in [-0.2, 0) is 6.61 Å². The van der Waals surface area contributed by atoms with Crippen LogP contribution < -0.4 is 9.64 Å². The van der Waals surface area contributed by atoms with Crippen LogP contribution in [0.1, 0.15) is 65.2 Å². The number of rotatable bonds is 12. The molecule has 0 radical (unpaired) electrons. The minimum atomic E-state index is -0.917. The van der Waals surface area contributed by atoms with Crippen LogP contribution >= 0.6 is 11.6 Å². The Bertz CT molecular complexity index is 1480. The molecule has 1 aromatic heterocycles. The van der Waals surface area contributed by atoms with Crippen LogP contribution in [-0.4, -0.2) is 72.2 Å². The van der Waals surface area contributed by atoms with E-state index in [4.69, 9.17) is 21.3 Å². The van der Waals surface area contributed by atoms with E-state index in [1.165, 1.54) is 18.9 Å². The number of aromatic carboxylic acids is 1. The number of piperidine rings is 2. The summed E-state index contributed by atoms with van der Waals surface area (Å²) in [4.78, 5) is 23.7. The Labute approximate surface area is 271 Å². The van der Waals surface area contributed by atoms with Crippen molar-refractivity contribution < 1.29 is 19.0 Å². The number of nitrogens with zero attached hydrogens (tertiary/aromatic N) is 4. The molecule has 0 amide bonds. The van der Waals surface area contributed by atoms with Gasteiger partial charge in [0.25, 0.3) is 0 Å². The second-order valence-electron chi connectivity index (χ2n) is 12.5. The molecular formula is C36H44ClFN4O3. The zero-order valence-electron chi connectivity index (χ0n) is 26.4. The Hall–Kier alpha value is -3.46. The molecule has 0 atom stereocenters. The number of aryl methyl sites for hydroxylation is 1. The van der Waals surface area contributed by atoms with Crippen LogP contribution in [0.25, 0.3) is 0 Å². The monoisotopic (exact) mass is 634 g/mol. The average Bonchev–Trinajstić information content (AvgIpc) is 3.03. The molecule has 1 N–H and O–H groups in total. The standard InChI is InChI=1S/C36H44ClFN4O3/c1-25-7-8-29(36(43)44)21-34(25)42(20-13-27-11-16-40(3)17-12-27)26(2)23-41-18-14-28(15-19-41)33-5-4-6-35(39-33)45-24-30-9-10-31(37)22-32(30)38/h4-10,21-22,27-28H,2,11-20,23-24H2,1,3H3,(H,43,44). The van der Waals surface area contributed by atoms with Crippen molar-refractivity contribution in [2.75, 3.05) is 51.2 Å². The quantitative estimate of drug-likeness (QED) is 0.223. The maximum atomic E-state index is 14.2. The smallest absolute Gasteiger partial charge is 0.335 e. The van der Waals surface area contributed by atoms with Crippen LogP contribution in [0, 0.1) is 18.7 Å². The number of aromatic nitrogens is 1. The van der Waals surface area contributed by atoms with Gasteiger partial charge in [-0.2, -0.15) is 0 Å². The number of hydrogen-bond acceptors (Lipinski definition) is 6. The van der Waals surface area contributed by atoms with Gasteiger partial charge in [-0.05, 0) is 114 Å². The van der Waals surface area contributed by atoms with E-state index >= 15 is 0 Å². The largest absolute Gasteiger partial charge is 0.478 e. The van der Waals surface area contributed by atoms with Gasteiger partial charge in [0.05, 0.1) is 5.56 Å². The molecule has 3 heterocycles. The number of benzene rings is 2. The van der Waals surface area contributed by atoms with E-state index in [2.05, 4.69) is 28.3 Å². The molecule has 0 saturated carbocycles. The van der Waals surface area contributed by atoms with Gasteiger partial charge < -0.3 is 19.6 Å². The molecule has 2 saturated heterocycles. The van der Waals surface area contributed by atoms with E-state index in [9.17, 15) is 14.3 Å². The highest BCUT2D eigenvalue weighted by Gasteiger charge is 2.25. The lowest BCUT2D eigenvalue weighted by atomic mass is 9.92. The zero-order chi connectivity index (χ0) is 31.9. The third-order valence-electron chi connectivity index (χ3n) is 9.28. The molecule has 2 fully saturated rings. The lowest BCUT2D eigenvalue weighted by Gasteiger charge is -2.37. The number of carbonyl (C=O) groups is 1. The summed E-state index contributed by atoms with van der Waals surface area (Å²) < 4.78 is 20.0. The van der Waals surface area contributed by atoms with Crippen molar-refractivity contribution in [3.8, 4) is 5.88 Å². The van der Waals surface area contributed by atoms with E-state index < -0.39 is 11.8 Å². The van der Waals surface area contributed by atoms with Crippen LogP contribution in [0.3, 0.4) is 0 Å². The van der Waals surface area contributed by atoms with E-state index in [1.807, 2.05) is 25.1 Å². The highest BCUT2D eigenvalue weighted by molar-refractivity contribution is 6.30. The third-order valence-corrected chi connectivity index (χ3v) is 9.51. The van der Waals surface area contributed by atoms with Gasteiger partial charge in [0, 0.05) is 52.7 Å². The fourth-order valence-electron chi connectivity index (χ4n) is 6.40. The van der Waals surface area contributed by atoms with Gasteiger partial charge in [-0.3, -0.25) is 4.90 Å². The highest BCUT2D eigenvalue weighted by Crippen LogP contribution is 2.31. The number of carboxylic acid groups (broad SMARTS) is 1. The molecule has 3 aromatic rings. The summed E-state index contributed by atoms with van der Waals surface area (Å²) in [5.41, 5.74) is 4.70. The van der Waals surface area contributed by atoms with Crippen molar-refractivity contribution in [3.63, 3.8) is 0 Å². The van der Waals surface area contributed by atoms with E-state index in [0.717, 1.165) is 81.2 Å². The SMILES string of the molecule is C=C(CN1CCC(c2cccc(OCc3ccc(Cl)cc3F)n2)CC1)N(CCC1CCN(C)CC1)c1cc(C(=O)O)ccc1C. The van der Waals surface area contributed by atoms with Gasteiger partial charge >= 0.3 is 5.97 Å². The first-order valence-corrected chi connectivity index (χ1v) is 16.3. The van der Waals surface area contributed by atoms with E-state index in [0.29, 0.717) is 33.9 Å². The van der Waals surface area contributed by atoms with E-state index in [1.54, 1.807) is 30.3 Å². The van der Waals surface area contributed by atoms with Crippen molar-refractivity contribution in [1.29, 1.82) is 0 Å². The first-order valence-electron chi connectivity index (χ1n) is 15.9. The van der Waals surface area contributed by atoms with Gasteiger partial charge in [-0.1, -0.05) is 36.4 Å². The van der Waals surface area contributed by atoms with Crippen molar-refractivity contribution in [2.45, 2.75) is 51.6 Å². The average molecular weight is 635 g/mol. The molecule has 45 heavy (non-hydrogen) atoms. The molecule has 2 aliphatic heterocycles. The third kappa shape index (κ3) is 8.84. The Morgan fingerprint density at radius 2 is 1.84 bits per heavy atom. The lowest BCUT2D eigenvalue weighted by molar-refractivity contribution is 0.0697. The van der Waals surface area contributed by atoms with Gasteiger partial charge in [0.1, 0.15) is 12.4 Å². The van der Waals surface area contributed by atoms with Crippen LogP contribution in [0.2, 0.25) is 5.02 Å². The van der Waals surface area contributed by atoms with E-state index in [-0.39, 0.29) is 6.61 Å². The summed E-state index contributed by atoms with van der Waals surface area (Å²) in [5, 5.41) is 10.0. The van der Waals surface area contributed by atoms with Crippen LogP contribution in [0.4, 0.5) is 10.1 Å². The molecule has 5 rings (SSSR count). The molecule has 0 unspecified atom stereocenters. The maximum absolute atomic E-state index is 14.2. The molecule has 0 bridgehead atoms. The summed E-state index contributed by atoms with van der Waals surface area (Å²) in [5.74, 6) is 0.141. The van der Waals surface area contributed by atoms with Gasteiger partial charge in [-0.15, -0.1) is 0 Å². The van der Waals surface area contributed by atoms with Gasteiger partial charge in [0.15, 0.2) is 0 Å². The van der Waals surface area contributed by atoms with Crippen molar-refractivity contribution >= 4 is 23.3 Å². The van der Waals surface area contributed by atoms with Crippen LogP contribution in [0.15, 0.2) is 66.9 Å². The summed E-state index contributed by atoms with van der Waals surface area (Å²) in [6.45, 7) is 12.3. The summed E-state index contributed by atoms with van der Waals surface area (Å²) >= 11 is 5.87. The Morgan fingerprint density at radius 3 is 2.56 bits per heavy atom. The molecule has 240 valence electrons. The minimum absolute atomic E-state index is 0.0865. The number of likely N-dealkylation sites (tertiary alicyclic amines) is 2. The number of hydrogen-bond donors (Lipinski definition) is 1. The molecule has 2 aromatic carbocycles. The Balaban J connectivity index is 1.20. The molecule has 0 spiro atoms. The van der Waals surface area contributed by atoms with Crippen molar-refractivity contribution in [2.24, 2.45) is 5.92 Å². The summed E-state index contributed by atoms with van der Waals surface area (Å²) in [6, 6.07) is 15.7. The normalized spacial score (nSPS) is 16.9. The second kappa shape index (κ2) is 15.2. The fraction of sp³-hybridized carbons (Fsp3) is 0.444.